The van der Waals surface area contributed by atoms with Crippen molar-refractivity contribution >= 4 is 5.91 Å². The maximum Gasteiger partial charge on any atom is 0.226 e. The fraction of sp³-hybridized carbons (Fsp3) is 0.929. The molecule has 0 aromatic carbocycles. The van der Waals surface area contributed by atoms with Crippen molar-refractivity contribution in [3.8, 4) is 0 Å². The molecule has 4 aliphatic rings. The molecule has 3 aliphatic carbocycles. The van der Waals surface area contributed by atoms with Crippen LogP contribution in [0.25, 0.3) is 0 Å². The predicted molar refractivity (Wildman–Crippen MR) is 63.1 cm³/mol. The maximum atomic E-state index is 12.4. The molecule has 2 bridgehead atoms. The minimum Gasteiger partial charge on any atom is -0.393 e. The number of fused-ring (bicyclic) bond motifs is 5. The summed E-state index contributed by atoms with van der Waals surface area (Å²) in [5.41, 5.74) is 0. The first kappa shape index (κ1) is 10.4. The van der Waals surface area contributed by atoms with E-state index in [4.69, 9.17) is 0 Å². The Kier molecular flexibility index (Phi) is 2.11. The highest BCUT2D eigenvalue weighted by Gasteiger charge is 2.67. The number of carbonyl (C=O) groups is 1. The normalized spacial score (nSPS) is 48.3. The summed E-state index contributed by atoms with van der Waals surface area (Å²) >= 11 is 0. The van der Waals surface area contributed by atoms with E-state index in [9.17, 15) is 9.90 Å². The van der Waals surface area contributed by atoms with Crippen LogP contribution in [0.5, 0.6) is 0 Å². The standard InChI is InChI=1S/C14H21NO2/c16-10-3-5-15(6-4-10)14(17)13-11-8-1-2-9(7-8)12(11)13/h8-13,16H,1-7H2. The number of rotatable bonds is 1. The van der Waals surface area contributed by atoms with Gasteiger partial charge in [-0.15, -0.1) is 0 Å². The van der Waals surface area contributed by atoms with Crippen molar-refractivity contribution < 1.29 is 9.90 Å². The largest absolute Gasteiger partial charge is 0.393 e. The summed E-state index contributed by atoms with van der Waals surface area (Å²) in [6.07, 6.45) is 5.57. The van der Waals surface area contributed by atoms with Crippen molar-refractivity contribution in [2.45, 2.75) is 38.2 Å². The van der Waals surface area contributed by atoms with Crippen LogP contribution in [0.2, 0.25) is 0 Å². The van der Waals surface area contributed by atoms with Crippen LogP contribution >= 0.6 is 0 Å². The van der Waals surface area contributed by atoms with Crippen molar-refractivity contribution in [1.82, 2.24) is 4.90 Å². The van der Waals surface area contributed by atoms with E-state index in [1.54, 1.807) is 0 Å². The molecule has 4 fully saturated rings. The van der Waals surface area contributed by atoms with Crippen LogP contribution in [0.4, 0.5) is 0 Å². The number of hydrogen-bond acceptors (Lipinski definition) is 2. The molecule has 0 spiro atoms. The molecule has 4 unspecified atom stereocenters. The Bertz CT molecular complexity index is 332. The minimum absolute atomic E-state index is 0.172. The number of hydrogen-bond donors (Lipinski definition) is 1. The molecule has 94 valence electrons. The van der Waals surface area contributed by atoms with Crippen LogP contribution in [-0.4, -0.2) is 35.1 Å². The second kappa shape index (κ2) is 3.47. The SMILES string of the molecule is O=C(C1C2C3CCC(C3)C12)N1CCC(O)CC1. The average Bonchev–Trinajstić information content (AvgIpc) is 2.77. The number of likely N-dealkylation sites (tertiary alicyclic amines) is 1. The van der Waals surface area contributed by atoms with Gasteiger partial charge < -0.3 is 10.0 Å². The molecule has 1 amide bonds. The zero-order valence-corrected chi connectivity index (χ0v) is 10.2. The second-order valence-electron chi connectivity index (χ2n) is 6.57. The van der Waals surface area contributed by atoms with E-state index in [1.807, 2.05) is 4.90 Å². The van der Waals surface area contributed by atoms with Crippen LogP contribution < -0.4 is 0 Å². The van der Waals surface area contributed by atoms with Crippen LogP contribution in [-0.2, 0) is 4.79 Å². The summed E-state index contributed by atoms with van der Waals surface area (Å²) in [7, 11) is 0. The van der Waals surface area contributed by atoms with Gasteiger partial charge in [-0.2, -0.15) is 0 Å². The summed E-state index contributed by atoms with van der Waals surface area (Å²) in [4.78, 5) is 14.5. The van der Waals surface area contributed by atoms with E-state index in [2.05, 4.69) is 0 Å². The highest BCUT2D eigenvalue weighted by Crippen LogP contribution is 2.69. The third-order valence-electron chi connectivity index (χ3n) is 5.80. The molecule has 1 N–H and O–H groups in total. The topological polar surface area (TPSA) is 40.5 Å². The van der Waals surface area contributed by atoms with Gasteiger partial charge in [0, 0.05) is 19.0 Å². The quantitative estimate of drug-likeness (QED) is 0.743. The van der Waals surface area contributed by atoms with E-state index >= 15 is 0 Å². The van der Waals surface area contributed by atoms with E-state index < -0.39 is 0 Å². The van der Waals surface area contributed by atoms with Gasteiger partial charge in [0.1, 0.15) is 0 Å². The van der Waals surface area contributed by atoms with Gasteiger partial charge in [0.05, 0.1) is 6.10 Å². The lowest BCUT2D eigenvalue weighted by Crippen LogP contribution is -2.41. The highest BCUT2D eigenvalue weighted by molar-refractivity contribution is 5.83. The van der Waals surface area contributed by atoms with Crippen molar-refractivity contribution in [3.05, 3.63) is 0 Å². The zero-order valence-electron chi connectivity index (χ0n) is 10.2. The molecule has 1 heterocycles. The second-order valence-corrected chi connectivity index (χ2v) is 6.57. The average molecular weight is 235 g/mol. The van der Waals surface area contributed by atoms with Gasteiger partial charge >= 0.3 is 0 Å². The Morgan fingerprint density at radius 3 is 2.18 bits per heavy atom. The minimum atomic E-state index is -0.172. The highest BCUT2D eigenvalue weighted by atomic mass is 16.3. The molecule has 3 heteroatoms. The smallest absolute Gasteiger partial charge is 0.226 e. The first-order chi connectivity index (χ1) is 8.25. The molecule has 0 aromatic heterocycles. The Hall–Kier alpha value is -0.570. The summed E-state index contributed by atoms with van der Waals surface area (Å²) in [6, 6.07) is 0. The van der Waals surface area contributed by atoms with Crippen molar-refractivity contribution in [2.24, 2.45) is 29.6 Å². The molecule has 3 saturated carbocycles. The zero-order chi connectivity index (χ0) is 11.6. The van der Waals surface area contributed by atoms with Crippen molar-refractivity contribution in [3.63, 3.8) is 0 Å². The Labute approximate surface area is 102 Å². The molecule has 1 saturated heterocycles. The predicted octanol–water partition coefficient (Wildman–Crippen LogP) is 1.26. The molecule has 0 aromatic rings. The van der Waals surface area contributed by atoms with Gasteiger partial charge in [0.15, 0.2) is 0 Å². The summed E-state index contributed by atoms with van der Waals surface area (Å²) < 4.78 is 0. The van der Waals surface area contributed by atoms with Crippen LogP contribution in [0.15, 0.2) is 0 Å². The number of carbonyl (C=O) groups excluding carboxylic acids is 1. The number of amides is 1. The van der Waals surface area contributed by atoms with Gasteiger partial charge in [-0.25, -0.2) is 0 Å². The van der Waals surface area contributed by atoms with Crippen molar-refractivity contribution in [1.29, 1.82) is 0 Å². The van der Waals surface area contributed by atoms with E-state index in [-0.39, 0.29) is 6.10 Å². The molecule has 3 nitrogen and oxygen atoms in total. The first-order valence-corrected chi connectivity index (χ1v) is 7.22. The Morgan fingerprint density at radius 2 is 1.59 bits per heavy atom. The van der Waals surface area contributed by atoms with Crippen LogP contribution in [0.1, 0.15) is 32.1 Å². The van der Waals surface area contributed by atoms with E-state index in [1.165, 1.54) is 19.3 Å². The molecular weight excluding hydrogens is 214 g/mol. The molecule has 1 aliphatic heterocycles. The van der Waals surface area contributed by atoms with Gasteiger partial charge in [0.2, 0.25) is 5.91 Å². The van der Waals surface area contributed by atoms with Gasteiger partial charge in [0.25, 0.3) is 0 Å². The van der Waals surface area contributed by atoms with Gasteiger partial charge in [-0.3, -0.25) is 4.79 Å². The maximum absolute atomic E-state index is 12.4. The van der Waals surface area contributed by atoms with E-state index in [0.717, 1.165) is 49.6 Å². The van der Waals surface area contributed by atoms with Gasteiger partial charge in [-0.1, -0.05) is 0 Å². The summed E-state index contributed by atoms with van der Waals surface area (Å²) in [5.74, 6) is 4.09. The lowest BCUT2D eigenvalue weighted by Gasteiger charge is -2.30. The van der Waals surface area contributed by atoms with Crippen molar-refractivity contribution in [2.75, 3.05) is 13.1 Å². The first-order valence-electron chi connectivity index (χ1n) is 7.22. The Morgan fingerprint density at radius 1 is 1.00 bits per heavy atom. The monoisotopic (exact) mass is 235 g/mol. The fourth-order valence-corrected chi connectivity index (χ4v) is 4.95. The number of aliphatic hydroxyl groups excluding tert-OH is 1. The number of nitrogens with zero attached hydrogens (tertiary/aromatic N) is 1. The van der Waals surface area contributed by atoms with Crippen LogP contribution in [0.3, 0.4) is 0 Å². The summed E-state index contributed by atoms with van der Waals surface area (Å²) in [5, 5.41) is 9.48. The number of aliphatic hydroxyl groups is 1. The summed E-state index contributed by atoms with van der Waals surface area (Å²) in [6.45, 7) is 1.57. The molecule has 0 radical (unpaired) electrons. The molecule has 4 rings (SSSR count). The Balaban J connectivity index is 1.42. The lowest BCUT2D eigenvalue weighted by molar-refractivity contribution is -0.135. The van der Waals surface area contributed by atoms with E-state index in [0.29, 0.717) is 11.8 Å². The molecule has 4 atom stereocenters. The molecule has 17 heavy (non-hydrogen) atoms. The third kappa shape index (κ3) is 1.41. The lowest BCUT2D eigenvalue weighted by atomic mass is 10.0. The van der Waals surface area contributed by atoms with Crippen LogP contribution in [0, 0.1) is 29.6 Å². The van der Waals surface area contributed by atoms with Gasteiger partial charge in [-0.05, 0) is 55.8 Å². The fourth-order valence-electron chi connectivity index (χ4n) is 4.95. The number of piperidine rings is 1. The third-order valence-corrected chi connectivity index (χ3v) is 5.80. The molecular formula is C14H21NO2.